The molecule has 17 heavy (non-hydrogen) atoms. The summed E-state index contributed by atoms with van der Waals surface area (Å²) in [4.78, 5) is 11.0. The second kappa shape index (κ2) is 7.75. The van der Waals surface area contributed by atoms with Gasteiger partial charge in [0.05, 0.1) is 18.8 Å². The van der Waals surface area contributed by atoms with Gasteiger partial charge in [-0.3, -0.25) is 9.48 Å². The second-order valence-corrected chi connectivity index (χ2v) is 3.46. The fourth-order valence-corrected chi connectivity index (χ4v) is 1.27. The maximum absolute atomic E-state index is 11.0. The molecule has 7 heteroatoms. The molecule has 0 radical (unpaired) electrons. The fourth-order valence-electron chi connectivity index (χ4n) is 1.27. The quantitative estimate of drug-likeness (QED) is 0.587. The van der Waals surface area contributed by atoms with Gasteiger partial charge in [-0.25, -0.2) is 0 Å². The van der Waals surface area contributed by atoms with Gasteiger partial charge in [0.25, 0.3) is 0 Å². The maximum atomic E-state index is 11.0. The summed E-state index contributed by atoms with van der Waals surface area (Å²) in [5, 5.41) is 19.4. The SMILES string of the molecule is CCOC(=O)CNCc1cn(CCCO)nn1. The van der Waals surface area contributed by atoms with Crippen LogP contribution in [0.15, 0.2) is 6.20 Å². The number of hydrogen-bond donors (Lipinski definition) is 2. The van der Waals surface area contributed by atoms with E-state index in [1.54, 1.807) is 17.8 Å². The topological polar surface area (TPSA) is 89.3 Å². The molecule has 1 heterocycles. The zero-order chi connectivity index (χ0) is 12.5. The number of aliphatic hydroxyl groups is 1. The van der Waals surface area contributed by atoms with Crippen LogP contribution in [0, 0.1) is 0 Å². The third kappa shape index (κ3) is 5.41. The lowest BCUT2D eigenvalue weighted by Crippen LogP contribution is -2.24. The number of aromatic nitrogens is 3. The van der Waals surface area contributed by atoms with Gasteiger partial charge in [0, 0.05) is 25.9 Å². The Morgan fingerprint density at radius 1 is 1.65 bits per heavy atom. The van der Waals surface area contributed by atoms with Crippen molar-refractivity contribution < 1.29 is 14.6 Å². The summed E-state index contributed by atoms with van der Waals surface area (Å²) in [6.45, 7) is 3.56. The number of aliphatic hydroxyl groups excluding tert-OH is 1. The molecule has 0 spiro atoms. The van der Waals surface area contributed by atoms with E-state index in [0.717, 1.165) is 5.69 Å². The first-order chi connectivity index (χ1) is 8.26. The minimum atomic E-state index is -0.278. The first-order valence-electron chi connectivity index (χ1n) is 5.62. The van der Waals surface area contributed by atoms with Crippen molar-refractivity contribution in [3.05, 3.63) is 11.9 Å². The van der Waals surface area contributed by atoms with E-state index in [-0.39, 0.29) is 19.1 Å². The van der Waals surface area contributed by atoms with Crippen molar-refractivity contribution >= 4 is 5.97 Å². The summed E-state index contributed by atoms with van der Waals surface area (Å²) in [6.07, 6.45) is 2.44. The van der Waals surface area contributed by atoms with Gasteiger partial charge < -0.3 is 15.2 Å². The number of hydrogen-bond acceptors (Lipinski definition) is 6. The monoisotopic (exact) mass is 242 g/mol. The van der Waals surface area contributed by atoms with Crippen LogP contribution in [0.25, 0.3) is 0 Å². The lowest BCUT2D eigenvalue weighted by atomic mass is 10.4. The number of carbonyl (C=O) groups is 1. The molecule has 2 N–H and O–H groups in total. The number of esters is 1. The Balaban J connectivity index is 2.22. The van der Waals surface area contributed by atoms with E-state index in [9.17, 15) is 4.79 Å². The maximum Gasteiger partial charge on any atom is 0.319 e. The van der Waals surface area contributed by atoms with Crippen molar-refractivity contribution in [2.75, 3.05) is 19.8 Å². The average Bonchev–Trinajstić information content (AvgIpc) is 2.75. The van der Waals surface area contributed by atoms with Crippen LogP contribution in [0.2, 0.25) is 0 Å². The van der Waals surface area contributed by atoms with Crippen LogP contribution in [0.4, 0.5) is 0 Å². The highest BCUT2D eigenvalue weighted by atomic mass is 16.5. The second-order valence-electron chi connectivity index (χ2n) is 3.46. The Labute approximate surface area is 99.8 Å². The van der Waals surface area contributed by atoms with E-state index in [2.05, 4.69) is 15.6 Å². The average molecular weight is 242 g/mol. The summed E-state index contributed by atoms with van der Waals surface area (Å²) < 4.78 is 6.43. The van der Waals surface area contributed by atoms with Gasteiger partial charge in [0.1, 0.15) is 0 Å². The van der Waals surface area contributed by atoms with E-state index >= 15 is 0 Å². The molecule has 1 aromatic rings. The Morgan fingerprint density at radius 3 is 3.18 bits per heavy atom. The molecule has 0 aliphatic carbocycles. The lowest BCUT2D eigenvalue weighted by molar-refractivity contribution is -0.142. The van der Waals surface area contributed by atoms with Gasteiger partial charge in [-0.1, -0.05) is 5.21 Å². The van der Waals surface area contributed by atoms with Crippen LogP contribution in [0.5, 0.6) is 0 Å². The summed E-state index contributed by atoms with van der Waals surface area (Å²) in [7, 11) is 0. The van der Waals surface area contributed by atoms with Gasteiger partial charge in [0.15, 0.2) is 0 Å². The summed E-state index contributed by atoms with van der Waals surface area (Å²) in [6, 6.07) is 0. The fraction of sp³-hybridized carbons (Fsp3) is 0.700. The molecule has 0 unspecified atom stereocenters. The Morgan fingerprint density at radius 2 is 2.47 bits per heavy atom. The first-order valence-corrected chi connectivity index (χ1v) is 5.62. The number of ether oxygens (including phenoxy) is 1. The zero-order valence-corrected chi connectivity index (χ0v) is 9.93. The number of nitrogens with one attached hydrogen (secondary N) is 1. The van der Waals surface area contributed by atoms with Crippen LogP contribution < -0.4 is 5.32 Å². The van der Waals surface area contributed by atoms with Crippen LogP contribution in [-0.4, -0.2) is 45.8 Å². The van der Waals surface area contributed by atoms with Crippen LogP contribution >= 0.6 is 0 Å². The van der Waals surface area contributed by atoms with Crippen molar-refractivity contribution in [2.24, 2.45) is 0 Å². The third-order valence-electron chi connectivity index (χ3n) is 2.01. The molecule has 1 rings (SSSR count). The number of aryl methyl sites for hydroxylation is 1. The van der Waals surface area contributed by atoms with E-state index in [1.165, 1.54) is 0 Å². The summed E-state index contributed by atoms with van der Waals surface area (Å²) >= 11 is 0. The molecule has 0 aliphatic rings. The van der Waals surface area contributed by atoms with Crippen molar-refractivity contribution in [3.63, 3.8) is 0 Å². The van der Waals surface area contributed by atoms with Crippen molar-refractivity contribution in [3.8, 4) is 0 Å². The molecular formula is C10H18N4O3. The Bertz CT molecular complexity index is 340. The van der Waals surface area contributed by atoms with Crippen LogP contribution in [0.1, 0.15) is 19.0 Å². The van der Waals surface area contributed by atoms with Crippen molar-refractivity contribution in [2.45, 2.75) is 26.4 Å². The highest BCUT2D eigenvalue weighted by Crippen LogP contribution is 1.94. The lowest BCUT2D eigenvalue weighted by Gasteiger charge is -2.01. The van der Waals surface area contributed by atoms with E-state index in [1.807, 2.05) is 0 Å². The van der Waals surface area contributed by atoms with E-state index < -0.39 is 0 Å². The van der Waals surface area contributed by atoms with E-state index in [0.29, 0.717) is 26.1 Å². The molecule has 0 atom stereocenters. The van der Waals surface area contributed by atoms with Crippen molar-refractivity contribution in [1.82, 2.24) is 20.3 Å². The molecule has 0 fully saturated rings. The Hall–Kier alpha value is -1.47. The normalized spacial score (nSPS) is 10.5. The van der Waals surface area contributed by atoms with Crippen LogP contribution in [0.3, 0.4) is 0 Å². The summed E-state index contributed by atoms with van der Waals surface area (Å²) in [5.41, 5.74) is 0.757. The number of rotatable bonds is 8. The minimum Gasteiger partial charge on any atom is -0.465 e. The molecule has 0 aromatic carbocycles. The summed E-state index contributed by atoms with van der Waals surface area (Å²) in [5.74, 6) is -0.278. The number of carbonyl (C=O) groups excluding carboxylic acids is 1. The molecule has 0 amide bonds. The predicted octanol–water partition coefficient (Wildman–Crippen LogP) is -0.687. The minimum absolute atomic E-state index is 0.135. The third-order valence-corrected chi connectivity index (χ3v) is 2.01. The standard InChI is InChI=1S/C10H18N4O3/c1-2-17-10(16)7-11-6-9-8-14(13-12-9)4-3-5-15/h8,11,15H,2-7H2,1H3. The van der Waals surface area contributed by atoms with Gasteiger partial charge in [-0.05, 0) is 13.3 Å². The largest absolute Gasteiger partial charge is 0.465 e. The molecule has 0 bridgehead atoms. The molecular weight excluding hydrogens is 224 g/mol. The zero-order valence-electron chi connectivity index (χ0n) is 9.93. The molecule has 96 valence electrons. The number of nitrogens with zero attached hydrogens (tertiary/aromatic N) is 3. The van der Waals surface area contributed by atoms with Gasteiger partial charge >= 0.3 is 5.97 Å². The van der Waals surface area contributed by atoms with Crippen molar-refractivity contribution in [1.29, 1.82) is 0 Å². The van der Waals surface area contributed by atoms with Gasteiger partial charge in [-0.2, -0.15) is 0 Å². The molecule has 0 saturated carbocycles. The molecule has 1 aromatic heterocycles. The molecule has 0 saturated heterocycles. The predicted molar refractivity (Wildman–Crippen MR) is 60.1 cm³/mol. The van der Waals surface area contributed by atoms with Gasteiger partial charge in [-0.15, -0.1) is 5.10 Å². The van der Waals surface area contributed by atoms with E-state index in [4.69, 9.17) is 9.84 Å². The van der Waals surface area contributed by atoms with Gasteiger partial charge in [0.2, 0.25) is 0 Å². The smallest absolute Gasteiger partial charge is 0.319 e. The highest BCUT2D eigenvalue weighted by molar-refractivity contribution is 5.71. The highest BCUT2D eigenvalue weighted by Gasteiger charge is 2.03. The van der Waals surface area contributed by atoms with Crippen LogP contribution in [-0.2, 0) is 22.6 Å². The molecule has 7 nitrogen and oxygen atoms in total. The molecule has 0 aliphatic heterocycles. The first kappa shape index (κ1) is 13.6. The Kier molecular flexibility index (Phi) is 6.19.